The number of sulfonamides is 1. The predicted octanol–water partition coefficient (Wildman–Crippen LogP) is 0.278. The second-order valence-electron chi connectivity index (χ2n) is 4.49. The number of nitrogens with zero attached hydrogens (tertiary/aromatic N) is 1. The second kappa shape index (κ2) is 5.55. The van der Waals surface area contributed by atoms with Crippen LogP contribution in [-0.4, -0.2) is 40.0 Å². The molecule has 0 aromatic heterocycles. The first-order valence-electron chi connectivity index (χ1n) is 5.54. The number of hydrogen-bond acceptors (Lipinski definition) is 5. The van der Waals surface area contributed by atoms with Crippen LogP contribution in [-0.2, 0) is 10.0 Å². The standard InChI is InChI=1S/C11H20N4O2S/c1-8(15(2)3)7-14-10-5-4-9(12)6-11(10)18(13,16)17/h4-6,8,14H,7,12H2,1-3H3,(H2,13,16,17). The number of anilines is 2. The van der Waals surface area contributed by atoms with Crippen molar-refractivity contribution in [2.75, 3.05) is 31.7 Å². The van der Waals surface area contributed by atoms with Crippen LogP contribution in [0.1, 0.15) is 6.92 Å². The lowest BCUT2D eigenvalue weighted by Gasteiger charge is -2.21. The molecule has 5 N–H and O–H groups in total. The Morgan fingerprint density at radius 2 is 2.00 bits per heavy atom. The van der Waals surface area contributed by atoms with E-state index in [9.17, 15) is 8.42 Å². The Morgan fingerprint density at radius 1 is 1.39 bits per heavy atom. The molecule has 0 bridgehead atoms. The van der Waals surface area contributed by atoms with E-state index in [1.165, 1.54) is 6.07 Å². The minimum atomic E-state index is -3.78. The van der Waals surface area contributed by atoms with Gasteiger partial charge in [0, 0.05) is 18.3 Å². The van der Waals surface area contributed by atoms with E-state index < -0.39 is 10.0 Å². The molecular weight excluding hydrogens is 252 g/mol. The Labute approximate surface area is 108 Å². The van der Waals surface area contributed by atoms with Crippen LogP contribution in [0.4, 0.5) is 11.4 Å². The number of nitrogen functional groups attached to an aromatic ring is 1. The molecule has 0 spiro atoms. The minimum absolute atomic E-state index is 0.0217. The van der Waals surface area contributed by atoms with Gasteiger partial charge in [-0.1, -0.05) is 0 Å². The molecule has 1 rings (SSSR count). The van der Waals surface area contributed by atoms with Gasteiger partial charge in [0.15, 0.2) is 0 Å². The van der Waals surface area contributed by atoms with Crippen LogP contribution in [0.5, 0.6) is 0 Å². The molecule has 1 aromatic rings. The first kappa shape index (κ1) is 14.7. The van der Waals surface area contributed by atoms with Crippen molar-refractivity contribution in [1.29, 1.82) is 0 Å². The van der Waals surface area contributed by atoms with Crippen molar-refractivity contribution in [3.05, 3.63) is 18.2 Å². The molecule has 0 heterocycles. The zero-order chi connectivity index (χ0) is 13.9. The van der Waals surface area contributed by atoms with Gasteiger partial charge >= 0.3 is 0 Å². The van der Waals surface area contributed by atoms with E-state index in [2.05, 4.69) is 5.32 Å². The van der Waals surface area contributed by atoms with Crippen molar-refractivity contribution in [3.8, 4) is 0 Å². The lowest BCUT2D eigenvalue weighted by molar-refractivity contribution is 0.326. The average Bonchev–Trinajstić information content (AvgIpc) is 2.25. The number of benzene rings is 1. The van der Waals surface area contributed by atoms with Crippen molar-refractivity contribution in [2.24, 2.45) is 5.14 Å². The lowest BCUT2D eigenvalue weighted by Crippen LogP contribution is -2.32. The Hall–Kier alpha value is -1.31. The molecule has 7 heteroatoms. The molecule has 0 amide bonds. The smallest absolute Gasteiger partial charge is 0.240 e. The highest BCUT2D eigenvalue weighted by molar-refractivity contribution is 7.89. The molecule has 0 aliphatic heterocycles. The van der Waals surface area contributed by atoms with Gasteiger partial charge in [-0.15, -0.1) is 0 Å². The van der Waals surface area contributed by atoms with Crippen LogP contribution in [0, 0.1) is 0 Å². The van der Waals surface area contributed by atoms with Crippen LogP contribution in [0.15, 0.2) is 23.1 Å². The first-order chi connectivity index (χ1) is 8.21. The maximum atomic E-state index is 11.5. The van der Waals surface area contributed by atoms with Crippen LogP contribution in [0.2, 0.25) is 0 Å². The van der Waals surface area contributed by atoms with Gasteiger partial charge in [0.2, 0.25) is 10.0 Å². The van der Waals surface area contributed by atoms with Gasteiger partial charge in [-0.25, -0.2) is 13.6 Å². The van der Waals surface area contributed by atoms with E-state index in [1.807, 2.05) is 25.9 Å². The summed E-state index contributed by atoms with van der Waals surface area (Å²) in [4.78, 5) is 2.05. The number of primary sulfonamides is 1. The van der Waals surface area contributed by atoms with Crippen LogP contribution >= 0.6 is 0 Å². The maximum Gasteiger partial charge on any atom is 0.240 e. The van der Waals surface area contributed by atoms with Crippen LogP contribution in [0.3, 0.4) is 0 Å². The summed E-state index contributed by atoms with van der Waals surface area (Å²) in [6.45, 7) is 2.64. The molecule has 0 aliphatic rings. The number of nitrogens with one attached hydrogen (secondary N) is 1. The molecule has 0 aliphatic carbocycles. The summed E-state index contributed by atoms with van der Waals surface area (Å²) in [5.41, 5.74) is 6.41. The maximum absolute atomic E-state index is 11.5. The van der Waals surface area contributed by atoms with Crippen molar-refractivity contribution in [1.82, 2.24) is 4.90 Å². The van der Waals surface area contributed by atoms with E-state index in [0.29, 0.717) is 17.9 Å². The molecule has 18 heavy (non-hydrogen) atoms. The molecule has 6 nitrogen and oxygen atoms in total. The van der Waals surface area contributed by atoms with Gasteiger partial charge in [0.05, 0.1) is 5.69 Å². The summed E-state index contributed by atoms with van der Waals surface area (Å²) in [5, 5.41) is 8.23. The second-order valence-corrected chi connectivity index (χ2v) is 6.02. The lowest BCUT2D eigenvalue weighted by atomic mass is 10.2. The Morgan fingerprint density at radius 3 is 2.50 bits per heavy atom. The molecule has 0 saturated heterocycles. The van der Waals surface area contributed by atoms with E-state index in [4.69, 9.17) is 10.9 Å². The fourth-order valence-electron chi connectivity index (χ4n) is 1.36. The Balaban J connectivity index is 2.96. The Bertz CT molecular complexity index is 514. The molecule has 1 atom stereocenters. The molecule has 1 unspecified atom stereocenters. The van der Waals surface area contributed by atoms with E-state index >= 15 is 0 Å². The Kier molecular flexibility index (Phi) is 4.55. The van der Waals surface area contributed by atoms with Crippen molar-refractivity contribution >= 4 is 21.4 Å². The van der Waals surface area contributed by atoms with Crippen molar-refractivity contribution < 1.29 is 8.42 Å². The summed E-state index contributed by atoms with van der Waals surface area (Å²) in [6.07, 6.45) is 0. The van der Waals surface area contributed by atoms with Crippen LogP contribution < -0.4 is 16.2 Å². The van der Waals surface area contributed by atoms with Crippen molar-refractivity contribution in [2.45, 2.75) is 17.9 Å². The van der Waals surface area contributed by atoms with Gasteiger partial charge in [-0.2, -0.15) is 0 Å². The fourth-order valence-corrected chi connectivity index (χ4v) is 2.11. The predicted molar refractivity (Wildman–Crippen MR) is 73.9 cm³/mol. The molecule has 0 saturated carbocycles. The summed E-state index contributed by atoms with van der Waals surface area (Å²) >= 11 is 0. The highest BCUT2D eigenvalue weighted by Crippen LogP contribution is 2.22. The summed E-state index contributed by atoms with van der Waals surface area (Å²) in [7, 11) is 0.128. The first-order valence-corrected chi connectivity index (χ1v) is 7.09. The average molecular weight is 272 g/mol. The monoisotopic (exact) mass is 272 g/mol. The molecule has 0 radical (unpaired) electrons. The molecule has 102 valence electrons. The number of rotatable bonds is 5. The highest BCUT2D eigenvalue weighted by atomic mass is 32.2. The van der Waals surface area contributed by atoms with Gasteiger partial charge in [0.1, 0.15) is 4.90 Å². The van der Waals surface area contributed by atoms with Gasteiger partial charge in [-0.3, -0.25) is 0 Å². The third-order valence-corrected chi connectivity index (χ3v) is 3.73. The molecular formula is C11H20N4O2S. The SMILES string of the molecule is CC(CNc1ccc(N)cc1S(N)(=O)=O)N(C)C. The quantitative estimate of drug-likeness (QED) is 0.668. The largest absolute Gasteiger partial charge is 0.399 e. The third kappa shape index (κ3) is 3.86. The van der Waals surface area contributed by atoms with Gasteiger partial charge in [-0.05, 0) is 39.2 Å². The third-order valence-electron chi connectivity index (χ3n) is 2.78. The highest BCUT2D eigenvalue weighted by Gasteiger charge is 2.15. The van der Waals surface area contributed by atoms with Gasteiger partial charge in [0.25, 0.3) is 0 Å². The summed E-state index contributed by atoms with van der Waals surface area (Å²) in [6, 6.07) is 4.88. The number of nitrogens with two attached hydrogens (primary N) is 2. The van der Waals surface area contributed by atoms with E-state index in [0.717, 1.165) is 0 Å². The van der Waals surface area contributed by atoms with Crippen LogP contribution in [0.25, 0.3) is 0 Å². The topological polar surface area (TPSA) is 101 Å². The summed E-state index contributed by atoms with van der Waals surface area (Å²) in [5.74, 6) is 0. The fraction of sp³-hybridized carbons (Fsp3) is 0.455. The van der Waals surface area contributed by atoms with Crippen molar-refractivity contribution in [3.63, 3.8) is 0 Å². The zero-order valence-electron chi connectivity index (χ0n) is 10.8. The summed E-state index contributed by atoms with van der Waals surface area (Å²) < 4.78 is 22.9. The van der Waals surface area contributed by atoms with Gasteiger partial charge < -0.3 is 16.0 Å². The molecule has 1 aromatic carbocycles. The van der Waals surface area contributed by atoms with E-state index in [1.54, 1.807) is 12.1 Å². The minimum Gasteiger partial charge on any atom is -0.399 e. The molecule has 0 fully saturated rings. The van der Waals surface area contributed by atoms with E-state index in [-0.39, 0.29) is 10.9 Å². The normalized spacial score (nSPS) is 13.6. The zero-order valence-corrected chi connectivity index (χ0v) is 11.7. The number of likely N-dealkylation sites (N-methyl/N-ethyl adjacent to an activating group) is 1. The number of hydrogen-bond donors (Lipinski definition) is 3.